The molecule has 2 aromatic rings. The molecule has 1 unspecified atom stereocenters. The van der Waals surface area contributed by atoms with E-state index < -0.39 is 5.69 Å². The molecule has 0 aliphatic rings. The van der Waals surface area contributed by atoms with Gasteiger partial charge < -0.3 is 16.0 Å². The highest BCUT2D eigenvalue weighted by molar-refractivity contribution is 5.72. The number of hydrogen-bond donors (Lipinski definition) is 3. The van der Waals surface area contributed by atoms with Crippen molar-refractivity contribution >= 4 is 17.1 Å². The number of nitrogens with zero attached hydrogens (tertiary/aromatic N) is 3. The van der Waals surface area contributed by atoms with Crippen molar-refractivity contribution in [1.82, 2.24) is 19.1 Å². The summed E-state index contributed by atoms with van der Waals surface area (Å²) in [7, 11) is 3.04. The zero-order valence-corrected chi connectivity index (χ0v) is 11.9. The van der Waals surface area contributed by atoms with Crippen LogP contribution in [0, 0.1) is 0 Å². The molecule has 110 valence electrons. The molecule has 0 aromatic carbocycles. The molecule has 0 fully saturated rings. The first-order valence-corrected chi connectivity index (χ1v) is 6.58. The largest absolute Gasteiger partial charge is 0.353 e. The number of aromatic amines is 1. The Morgan fingerprint density at radius 1 is 1.35 bits per heavy atom. The van der Waals surface area contributed by atoms with E-state index in [-0.39, 0.29) is 11.6 Å². The zero-order chi connectivity index (χ0) is 14.9. The van der Waals surface area contributed by atoms with Gasteiger partial charge in [-0.25, -0.2) is 4.79 Å². The van der Waals surface area contributed by atoms with Gasteiger partial charge in [-0.05, 0) is 26.3 Å². The normalized spacial score (nSPS) is 12.8. The molecule has 4 N–H and O–H groups in total. The molecule has 0 spiro atoms. The maximum Gasteiger partial charge on any atom is 0.332 e. The zero-order valence-electron chi connectivity index (χ0n) is 11.9. The van der Waals surface area contributed by atoms with E-state index in [0.29, 0.717) is 23.7 Å². The van der Waals surface area contributed by atoms with Crippen LogP contribution in [-0.2, 0) is 14.1 Å². The molecule has 0 radical (unpaired) electrons. The lowest BCUT2D eigenvalue weighted by atomic mass is 10.2. The summed E-state index contributed by atoms with van der Waals surface area (Å²) >= 11 is 0. The molecule has 2 aromatic heterocycles. The fourth-order valence-electron chi connectivity index (χ4n) is 2.12. The minimum atomic E-state index is -0.392. The number of nitrogens with one attached hydrogen (secondary N) is 2. The SMILES string of the molecule is CC(CCCN)Nc1nc2c([nH]1)c(=O)n(C)c(=O)n2C. The van der Waals surface area contributed by atoms with Gasteiger partial charge in [-0.2, -0.15) is 4.98 Å². The number of aromatic nitrogens is 4. The number of imidazole rings is 1. The summed E-state index contributed by atoms with van der Waals surface area (Å²) in [6, 6.07) is 0.181. The Hall–Kier alpha value is -2.09. The number of H-pyrrole nitrogens is 1. The second-order valence-corrected chi connectivity index (χ2v) is 4.97. The van der Waals surface area contributed by atoms with Crippen LogP contribution >= 0.6 is 0 Å². The van der Waals surface area contributed by atoms with E-state index in [4.69, 9.17) is 5.73 Å². The van der Waals surface area contributed by atoms with Gasteiger partial charge >= 0.3 is 5.69 Å². The van der Waals surface area contributed by atoms with Crippen LogP contribution in [-0.4, -0.2) is 31.7 Å². The fraction of sp³-hybridized carbons (Fsp3) is 0.583. The van der Waals surface area contributed by atoms with Crippen LogP contribution in [0.25, 0.3) is 11.2 Å². The first-order valence-electron chi connectivity index (χ1n) is 6.58. The number of anilines is 1. The van der Waals surface area contributed by atoms with Gasteiger partial charge in [0.05, 0.1) is 0 Å². The number of nitrogens with two attached hydrogens (primary N) is 1. The second kappa shape index (κ2) is 5.49. The molecule has 8 nitrogen and oxygen atoms in total. The molecular formula is C12H20N6O2. The van der Waals surface area contributed by atoms with E-state index in [1.54, 1.807) is 7.05 Å². The van der Waals surface area contributed by atoms with Crippen LogP contribution in [0.4, 0.5) is 5.95 Å². The van der Waals surface area contributed by atoms with Gasteiger partial charge in [0.15, 0.2) is 11.2 Å². The second-order valence-electron chi connectivity index (χ2n) is 4.97. The smallest absolute Gasteiger partial charge is 0.332 e. The molecule has 0 bridgehead atoms. The summed E-state index contributed by atoms with van der Waals surface area (Å²) in [5, 5.41) is 3.17. The van der Waals surface area contributed by atoms with Gasteiger partial charge in [-0.1, -0.05) is 0 Å². The van der Waals surface area contributed by atoms with Crippen molar-refractivity contribution in [2.45, 2.75) is 25.8 Å². The molecule has 0 saturated heterocycles. The third kappa shape index (κ3) is 2.46. The predicted molar refractivity (Wildman–Crippen MR) is 77.9 cm³/mol. The first-order chi connectivity index (χ1) is 9.45. The molecule has 0 aliphatic carbocycles. The Labute approximate surface area is 115 Å². The lowest BCUT2D eigenvalue weighted by Gasteiger charge is -2.11. The predicted octanol–water partition coefficient (Wildman–Crippen LogP) is -0.500. The Bertz CT molecular complexity index is 726. The lowest BCUT2D eigenvalue weighted by molar-refractivity contribution is 0.659. The van der Waals surface area contributed by atoms with Gasteiger partial charge in [-0.3, -0.25) is 13.9 Å². The average molecular weight is 280 g/mol. The summed E-state index contributed by atoms with van der Waals surface area (Å²) in [6.07, 6.45) is 1.82. The third-order valence-electron chi connectivity index (χ3n) is 3.32. The molecule has 20 heavy (non-hydrogen) atoms. The summed E-state index contributed by atoms with van der Waals surface area (Å²) in [5.74, 6) is 0.489. The van der Waals surface area contributed by atoms with Crippen LogP contribution in [0.3, 0.4) is 0 Å². The van der Waals surface area contributed by atoms with E-state index in [9.17, 15) is 9.59 Å². The highest BCUT2D eigenvalue weighted by atomic mass is 16.2. The van der Waals surface area contributed by atoms with E-state index in [1.807, 2.05) is 6.92 Å². The van der Waals surface area contributed by atoms with Crippen molar-refractivity contribution in [2.75, 3.05) is 11.9 Å². The van der Waals surface area contributed by atoms with Crippen molar-refractivity contribution in [1.29, 1.82) is 0 Å². The molecule has 2 rings (SSSR count). The van der Waals surface area contributed by atoms with Crippen molar-refractivity contribution in [3.8, 4) is 0 Å². The van der Waals surface area contributed by atoms with E-state index in [1.165, 1.54) is 11.6 Å². The molecule has 0 amide bonds. The highest BCUT2D eigenvalue weighted by Crippen LogP contribution is 2.10. The first kappa shape index (κ1) is 14.3. The fourth-order valence-corrected chi connectivity index (χ4v) is 2.12. The summed E-state index contributed by atoms with van der Waals surface area (Å²) in [5.41, 5.74) is 5.38. The van der Waals surface area contributed by atoms with Crippen LogP contribution < -0.4 is 22.3 Å². The highest BCUT2D eigenvalue weighted by Gasteiger charge is 2.14. The maximum absolute atomic E-state index is 12.0. The van der Waals surface area contributed by atoms with Crippen molar-refractivity contribution in [3.63, 3.8) is 0 Å². The van der Waals surface area contributed by atoms with Crippen LogP contribution in [0.5, 0.6) is 0 Å². The Morgan fingerprint density at radius 2 is 2.05 bits per heavy atom. The van der Waals surface area contributed by atoms with Crippen LogP contribution in [0.2, 0.25) is 0 Å². The number of fused-ring (bicyclic) bond motifs is 1. The number of rotatable bonds is 5. The van der Waals surface area contributed by atoms with Gasteiger partial charge in [0.1, 0.15) is 0 Å². The quantitative estimate of drug-likeness (QED) is 0.684. The van der Waals surface area contributed by atoms with Crippen LogP contribution in [0.1, 0.15) is 19.8 Å². The summed E-state index contributed by atoms with van der Waals surface area (Å²) < 4.78 is 2.41. The standard InChI is InChI=1S/C12H20N6O2/c1-7(5-4-6-13)14-11-15-8-9(16-11)17(2)12(20)18(3)10(8)19/h7H,4-6,13H2,1-3H3,(H2,14,15,16). The minimum Gasteiger partial charge on any atom is -0.353 e. The molecule has 8 heteroatoms. The van der Waals surface area contributed by atoms with E-state index >= 15 is 0 Å². The monoisotopic (exact) mass is 280 g/mol. The minimum absolute atomic E-state index is 0.181. The topological polar surface area (TPSA) is 111 Å². The Kier molecular flexibility index (Phi) is 3.93. The molecule has 2 heterocycles. The molecular weight excluding hydrogens is 260 g/mol. The number of hydrogen-bond acceptors (Lipinski definition) is 5. The van der Waals surface area contributed by atoms with Gasteiger partial charge in [0.25, 0.3) is 5.56 Å². The molecule has 0 saturated carbocycles. The van der Waals surface area contributed by atoms with Crippen molar-refractivity contribution < 1.29 is 0 Å². The average Bonchev–Trinajstić information content (AvgIpc) is 2.84. The van der Waals surface area contributed by atoms with E-state index in [0.717, 1.165) is 17.4 Å². The van der Waals surface area contributed by atoms with E-state index in [2.05, 4.69) is 15.3 Å². The van der Waals surface area contributed by atoms with Crippen LogP contribution in [0.15, 0.2) is 9.59 Å². The third-order valence-corrected chi connectivity index (χ3v) is 3.32. The lowest BCUT2D eigenvalue weighted by Crippen LogP contribution is -2.36. The maximum atomic E-state index is 12.0. The number of aryl methyl sites for hydroxylation is 1. The van der Waals surface area contributed by atoms with Gasteiger partial charge in [0.2, 0.25) is 5.95 Å². The Morgan fingerprint density at radius 3 is 2.70 bits per heavy atom. The van der Waals surface area contributed by atoms with Gasteiger partial charge in [-0.15, -0.1) is 0 Å². The summed E-state index contributed by atoms with van der Waals surface area (Å²) in [6.45, 7) is 2.65. The molecule has 0 aliphatic heterocycles. The summed E-state index contributed by atoms with van der Waals surface area (Å²) in [4.78, 5) is 31.0. The molecule has 1 atom stereocenters. The van der Waals surface area contributed by atoms with Crippen molar-refractivity contribution in [3.05, 3.63) is 20.8 Å². The van der Waals surface area contributed by atoms with Crippen molar-refractivity contribution in [2.24, 2.45) is 19.8 Å². The van der Waals surface area contributed by atoms with Gasteiger partial charge in [0, 0.05) is 20.1 Å². The Balaban J connectivity index is 2.39.